The molecule has 1 unspecified atom stereocenters. The van der Waals surface area contributed by atoms with Crippen molar-refractivity contribution in [2.75, 3.05) is 26.3 Å². The van der Waals surface area contributed by atoms with Crippen LogP contribution in [0.5, 0.6) is 5.75 Å². The first kappa shape index (κ1) is 15.2. The van der Waals surface area contributed by atoms with Gasteiger partial charge in [-0.15, -0.1) is 0 Å². The first-order valence-electron chi connectivity index (χ1n) is 7.46. The van der Waals surface area contributed by atoms with Crippen molar-refractivity contribution < 1.29 is 23.8 Å². The maximum atomic E-state index is 12.8. The number of rotatable bonds is 4. The summed E-state index contributed by atoms with van der Waals surface area (Å²) in [6.45, 7) is 3.15. The Labute approximate surface area is 128 Å². The highest BCUT2D eigenvalue weighted by atomic mass is 19.1. The normalized spacial score (nSPS) is 26.0. The number of halogens is 1. The Morgan fingerprint density at radius 3 is 2.68 bits per heavy atom. The zero-order valence-corrected chi connectivity index (χ0v) is 12.5. The van der Waals surface area contributed by atoms with Crippen LogP contribution in [0.3, 0.4) is 0 Å². The summed E-state index contributed by atoms with van der Waals surface area (Å²) in [6.07, 6.45) is 1.22. The number of likely N-dealkylation sites (tertiary alicyclic amines) is 1. The van der Waals surface area contributed by atoms with Gasteiger partial charge in [-0.1, -0.05) is 6.92 Å². The second-order valence-electron chi connectivity index (χ2n) is 6.22. The molecule has 0 radical (unpaired) electrons. The van der Waals surface area contributed by atoms with Crippen LogP contribution in [-0.2, 0) is 9.53 Å². The molecule has 5 nitrogen and oxygen atoms in total. The highest BCUT2D eigenvalue weighted by Gasteiger charge is 2.55. The minimum absolute atomic E-state index is 0.0836. The van der Waals surface area contributed by atoms with Crippen LogP contribution < -0.4 is 4.74 Å². The minimum Gasteiger partial charge on any atom is -0.484 e. The third kappa shape index (κ3) is 2.94. The van der Waals surface area contributed by atoms with E-state index in [9.17, 15) is 14.3 Å². The summed E-state index contributed by atoms with van der Waals surface area (Å²) in [5, 5.41) is 10.2. The van der Waals surface area contributed by atoms with Crippen molar-refractivity contribution in [3.05, 3.63) is 30.1 Å². The van der Waals surface area contributed by atoms with E-state index in [1.165, 1.54) is 24.3 Å². The van der Waals surface area contributed by atoms with E-state index in [4.69, 9.17) is 9.47 Å². The lowest BCUT2D eigenvalue weighted by Gasteiger charge is -2.47. The Morgan fingerprint density at radius 2 is 2.09 bits per heavy atom. The second-order valence-corrected chi connectivity index (χ2v) is 6.22. The molecule has 1 N–H and O–H groups in total. The fourth-order valence-electron chi connectivity index (χ4n) is 3.01. The van der Waals surface area contributed by atoms with Crippen molar-refractivity contribution in [1.29, 1.82) is 0 Å². The third-order valence-corrected chi connectivity index (χ3v) is 4.44. The van der Waals surface area contributed by atoms with Crippen LogP contribution in [0.15, 0.2) is 24.3 Å². The quantitative estimate of drug-likeness (QED) is 0.912. The molecule has 120 valence electrons. The SMILES string of the molecule is CCC1(O)COC2(CN(C(=O)COc3ccc(F)cc3)C2)C1. The fraction of sp³-hybridized carbons (Fsp3) is 0.562. The van der Waals surface area contributed by atoms with Gasteiger partial charge in [-0.05, 0) is 30.7 Å². The van der Waals surface area contributed by atoms with Gasteiger partial charge < -0.3 is 19.5 Å². The number of nitrogens with zero attached hydrogens (tertiary/aromatic N) is 1. The number of hydrogen-bond donors (Lipinski definition) is 1. The fourth-order valence-corrected chi connectivity index (χ4v) is 3.01. The highest BCUT2D eigenvalue weighted by molar-refractivity contribution is 5.79. The zero-order valence-electron chi connectivity index (χ0n) is 12.5. The van der Waals surface area contributed by atoms with Crippen molar-refractivity contribution >= 4 is 5.91 Å². The molecule has 3 rings (SSSR count). The lowest BCUT2D eigenvalue weighted by atomic mass is 9.84. The van der Waals surface area contributed by atoms with E-state index < -0.39 is 11.2 Å². The molecule has 1 aromatic carbocycles. The molecule has 22 heavy (non-hydrogen) atoms. The molecule has 2 fully saturated rings. The van der Waals surface area contributed by atoms with Crippen molar-refractivity contribution in [2.24, 2.45) is 0 Å². The lowest BCUT2D eigenvalue weighted by molar-refractivity contribution is -0.159. The predicted octanol–water partition coefficient (Wildman–Crippen LogP) is 1.35. The average molecular weight is 309 g/mol. The summed E-state index contributed by atoms with van der Waals surface area (Å²) >= 11 is 0. The van der Waals surface area contributed by atoms with Gasteiger partial charge in [0, 0.05) is 6.42 Å². The summed E-state index contributed by atoms with van der Waals surface area (Å²) in [6, 6.07) is 5.55. The van der Waals surface area contributed by atoms with Crippen LogP contribution in [0.4, 0.5) is 4.39 Å². The summed E-state index contributed by atoms with van der Waals surface area (Å²) in [5.41, 5.74) is -1.16. The van der Waals surface area contributed by atoms with Crippen LogP contribution in [0.2, 0.25) is 0 Å². The van der Waals surface area contributed by atoms with E-state index in [-0.39, 0.29) is 18.3 Å². The van der Waals surface area contributed by atoms with Crippen LogP contribution in [0.1, 0.15) is 19.8 Å². The molecule has 1 atom stereocenters. The Bertz CT molecular complexity index is 556. The van der Waals surface area contributed by atoms with Crippen LogP contribution in [0, 0.1) is 5.82 Å². The van der Waals surface area contributed by atoms with Gasteiger partial charge in [0.05, 0.1) is 25.3 Å². The van der Waals surface area contributed by atoms with Crippen molar-refractivity contribution in [3.8, 4) is 5.75 Å². The van der Waals surface area contributed by atoms with Crippen LogP contribution in [0.25, 0.3) is 0 Å². The van der Waals surface area contributed by atoms with E-state index in [0.717, 1.165) is 0 Å². The van der Waals surface area contributed by atoms with E-state index in [1.54, 1.807) is 4.90 Å². The van der Waals surface area contributed by atoms with Gasteiger partial charge in [0.25, 0.3) is 5.91 Å². The summed E-state index contributed by atoms with van der Waals surface area (Å²) in [5.74, 6) is -0.0156. The molecule has 2 aliphatic rings. The number of aliphatic hydroxyl groups is 1. The molecule has 2 aliphatic heterocycles. The van der Waals surface area contributed by atoms with Crippen LogP contribution >= 0.6 is 0 Å². The molecule has 0 aromatic heterocycles. The van der Waals surface area contributed by atoms with Crippen molar-refractivity contribution in [1.82, 2.24) is 4.90 Å². The maximum absolute atomic E-state index is 12.8. The molecule has 6 heteroatoms. The van der Waals surface area contributed by atoms with Gasteiger partial charge >= 0.3 is 0 Å². The van der Waals surface area contributed by atoms with Gasteiger partial charge in [-0.3, -0.25) is 4.79 Å². The number of amides is 1. The zero-order chi connectivity index (χ0) is 15.8. The van der Waals surface area contributed by atoms with Crippen LogP contribution in [-0.4, -0.2) is 53.4 Å². The van der Waals surface area contributed by atoms with Crippen molar-refractivity contribution in [2.45, 2.75) is 31.0 Å². The van der Waals surface area contributed by atoms with Crippen molar-refractivity contribution in [3.63, 3.8) is 0 Å². The van der Waals surface area contributed by atoms with E-state index in [0.29, 0.717) is 38.3 Å². The molecule has 2 saturated heterocycles. The van der Waals surface area contributed by atoms with E-state index >= 15 is 0 Å². The smallest absolute Gasteiger partial charge is 0.260 e. The topological polar surface area (TPSA) is 59.0 Å². The van der Waals surface area contributed by atoms with E-state index in [1.807, 2.05) is 6.92 Å². The molecule has 2 heterocycles. The van der Waals surface area contributed by atoms with Gasteiger partial charge in [0.15, 0.2) is 6.61 Å². The lowest BCUT2D eigenvalue weighted by Crippen LogP contribution is -2.64. The monoisotopic (exact) mass is 309 g/mol. The third-order valence-electron chi connectivity index (χ3n) is 4.44. The summed E-state index contributed by atoms with van der Waals surface area (Å²) in [7, 11) is 0. The number of hydrogen-bond acceptors (Lipinski definition) is 4. The number of ether oxygens (including phenoxy) is 2. The molecular formula is C16H20FNO4. The summed E-state index contributed by atoms with van der Waals surface area (Å²) < 4.78 is 23.8. The van der Waals surface area contributed by atoms with Gasteiger partial charge in [-0.2, -0.15) is 0 Å². The van der Waals surface area contributed by atoms with Gasteiger partial charge in [0.2, 0.25) is 0 Å². The maximum Gasteiger partial charge on any atom is 0.260 e. The Morgan fingerprint density at radius 1 is 1.41 bits per heavy atom. The first-order chi connectivity index (χ1) is 10.4. The van der Waals surface area contributed by atoms with E-state index in [2.05, 4.69) is 0 Å². The predicted molar refractivity (Wildman–Crippen MR) is 77.0 cm³/mol. The molecule has 1 spiro atoms. The Hall–Kier alpha value is -1.66. The first-order valence-corrected chi connectivity index (χ1v) is 7.46. The highest BCUT2D eigenvalue weighted by Crippen LogP contribution is 2.41. The molecule has 0 saturated carbocycles. The largest absolute Gasteiger partial charge is 0.484 e. The van der Waals surface area contributed by atoms with Gasteiger partial charge in [-0.25, -0.2) is 4.39 Å². The minimum atomic E-state index is -0.764. The molecular weight excluding hydrogens is 289 g/mol. The Kier molecular flexibility index (Phi) is 3.82. The molecule has 0 aliphatic carbocycles. The second kappa shape index (κ2) is 5.52. The van der Waals surface area contributed by atoms with Gasteiger partial charge in [0.1, 0.15) is 17.2 Å². The summed E-state index contributed by atoms with van der Waals surface area (Å²) in [4.78, 5) is 13.7. The standard InChI is InChI=1S/C16H20FNO4/c1-2-15(20)8-16(22-11-15)9-18(10-16)14(19)7-21-13-5-3-12(17)4-6-13/h3-6,20H,2,7-11H2,1H3. The number of benzene rings is 1. The molecule has 1 aromatic rings. The Balaban J connectivity index is 1.47. The number of carbonyl (C=O) groups is 1. The molecule has 1 amide bonds. The number of carbonyl (C=O) groups excluding carboxylic acids is 1. The molecule has 0 bridgehead atoms. The average Bonchev–Trinajstić information content (AvgIpc) is 2.84.